The van der Waals surface area contributed by atoms with Gasteiger partial charge < -0.3 is 10.6 Å². The fourth-order valence-electron chi connectivity index (χ4n) is 2.34. The van der Waals surface area contributed by atoms with E-state index in [1.165, 1.54) is 5.56 Å². The molecule has 2 N–H and O–H groups in total. The molecule has 3 heteroatoms. The third-order valence-corrected chi connectivity index (χ3v) is 3.29. The van der Waals surface area contributed by atoms with Gasteiger partial charge in [-0.3, -0.25) is 4.79 Å². The predicted octanol–water partition coefficient (Wildman–Crippen LogP) is 1.73. The van der Waals surface area contributed by atoms with Crippen LogP contribution in [-0.2, 0) is 6.42 Å². The second-order valence-corrected chi connectivity index (χ2v) is 4.70. The lowest BCUT2D eigenvalue weighted by molar-refractivity contribution is 0.0760. The van der Waals surface area contributed by atoms with Crippen LogP contribution >= 0.6 is 0 Å². The summed E-state index contributed by atoms with van der Waals surface area (Å²) in [5.74, 6) is 0.176. The maximum atomic E-state index is 12.4. The minimum absolute atomic E-state index is 0.176. The Bertz CT molecular complexity index is 413. The van der Waals surface area contributed by atoms with Gasteiger partial charge in [-0.05, 0) is 44.4 Å². The Balaban J connectivity index is 2.25. The van der Waals surface area contributed by atoms with Crippen molar-refractivity contribution >= 4 is 5.91 Å². The van der Waals surface area contributed by atoms with Crippen molar-refractivity contribution in [3.63, 3.8) is 0 Å². The average molecular weight is 232 g/mol. The SMILES string of the molecule is Cc1ccc2c(c1)C(=O)N(CCCN)CCC2. The lowest BCUT2D eigenvalue weighted by atomic mass is 10.0. The molecule has 0 saturated carbocycles. The molecule has 0 fully saturated rings. The van der Waals surface area contributed by atoms with Gasteiger partial charge in [-0.15, -0.1) is 0 Å². The maximum Gasteiger partial charge on any atom is 0.254 e. The van der Waals surface area contributed by atoms with Crippen molar-refractivity contribution in [1.29, 1.82) is 0 Å². The molecule has 0 unspecified atom stereocenters. The van der Waals surface area contributed by atoms with Gasteiger partial charge >= 0.3 is 0 Å². The molecule has 1 aromatic carbocycles. The third kappa shape index (κ3) is 2.67. The average Bonchev–Trinajstić information content (AvgIpc) is 2.47. The highest BCUT2D eigenvalue weighted by Crippen LogP contribution is 2.20. The van der Waals surface area contributed by atoms with Crippen molar-refractivity contribution in [2.24, 2.45) is 5.73 Å². The number of aryl methyl sites for hydroxylation is 2. The Hall–Kier alpha value is -1.35. The van der Waals surface area contributed by atoms with E-state index in [1.54, 1.807) is 0 Å². The first-order valence-electron chi connectivity index (χ1n) is 6.31. The number of fused-ring (bicyclic) bond motifs is 1. The Morgan fingerprint density at radius 3 is 3.00 bits per heavy atom. The molecule has 0 radical (unpaired) electrons. The minimum atomic E-state index is 0.176. The Morgan fingerprint density at radius 2 is 2.24 bits per heavy atom. The molecular formula is C14H20N2O. The lowest BCUT2D eigenvalue weighted by Crippen LogP contribution is -2.32. The number of rotatable bonds is 3. The molecule has 3 nitrogen and oxygen atoms in total. The summed E-state index contributed by atoms with van der Waals surface area (Å²) in [5.41, 5.74) is 8.74. The fraction of sp³-hybridized carbons (Fsp3) is 0.500. The van der Waals surface area contributed by atoms with E-state index in [2.05, 4.69) is 12.1 Å². The molecule has 2 rings (SSSR count). The number of nitrogens with zero attached hydrogens (tertiary/aromatic N) is 1. The van der Waals surface area contributed by atoms with E-state index in [9.17, 15) is 4.79 Å². The van der Waals surface area contributed by atoms with E-state index < -0.39 is 0 Å². The Morgan fingerprint density at radius 1 is 1.41 bits per heavy atom. The number of benzene rings is 1. The van der Waals surface area contributed by atoms with Crippen LogP contribution in [0.2, 0.25) is 0 Å². The largest absolute Gasteiger partial charge is 0.339 e. The maximum absolute atomic E-state index is 12.4. The molecule has 0 bridgehead atoms. The second-order valence-electron chi connectivity index (χ2n) is 4.70. The zero-order valence-electron chi connectivity index (χ0n) is 10.4. The van der Waals surface area contributed by atoms with Crippen LogP contribution in [0.3, 0.4) is 0 Å². The summed E-state index contributed by atoms with van der Waals surface area (Å²) in [6.07, 6.45) is 2.93. The van der Waals surface area contributed by atoms with Gasteiger partial charge in [0.05, 0.1) is 0 Å². The van der Waals surface area contributed by atoms with Crippen LogP contribution in [0.25, 0.3) is 0 Å². The topological polar surface area (TPSA) is 46.3 Å². The quantitative estimate of drug-likeness (QED) is 0.862. The van der Waals surface area contributed by atoms with Gasteiger partial charge in [0, 0.05) is 18.7 Å². The molecule has 1 heterocycles. The summed E-state index contributed by atoms with van der Waals surface area (Å²) >= 11 is 0. The number of amides is 1. The second kappa shape index (κ2) is 5.32. The highest BCUT2D eigenvalue weighted by atomic mass is 16.2. The Labute approximate surface area is 103 Å². The predicted molar refractivity (Wildman–Crippen MR) is 69.1 cm³/mol. The van der Waals surface area contributed by atoms with Gasteiger partial charge in [0.1, 0.15) is 0 Å². The summed E-state index contributed by atoms with van der Waals surface area (Å²) in [4.78, 5) is 14.3. The summed E-state index contributed by atoms with van der Waals surface area (Å²) in [7, 11) is 0. The van der Waals surface area contributed by atoms with Crippen molar-refractivity contribution in [3.05, 3.63) is 34.9 Å². The van der Waals surface area contributed by atoms with Crippen LogP contribution in [-0.4, -0.2) is 30.4 Å². The van der Waals surface area contributed by atoms with Gasteiger partial charge in [-0.25, -0.2) is 0 Å². The number of carbonyl (C=O) groups excluding carboxylic acids is 1. The number of hydrogen-bond acceptors (Lipinski definition) is 2. The first-order valence-corrected chi connectivity index (χ1v) is 6.31. The molecule has 0 aromatic heterocycles. The summed E-state index contributed by atoms with van der Waals surface area (Å²) < 4.78 is 0. The molecule has 1 aliphatic rings. The summed E-state index contributed by atoms with van der Waals surface area (Å²) in [5, 5.41) is 0. The van der Waals surface area contributed by atoms with Crippen LogP contribution in [0.4, 0.5) is 0 Å². The van der Waals surface area contributed by atoms with Crippen LogP contribution in [0.15, 0.2) is 18.2 Å². The van der Waals surface area contributed by atoms with Crippen molar-refractivity contribution in [3.8, 4) is 0 Å². The van der Waals surface area contributed by atoms with Crippen LogP contribution in [0.1, 0.15) is 34.3 Å². The molecule has 0 spiro atoms. The minimum Gasteiger partial charge on any atom is -0.339 e. The molecule has 1 aliphatic heterocycles. The molecule has 92 valence electrons. The van der Waals surface area contributed by atoms with Gasteiger partial charge in [0.2, 0.25) is 0 Å². The van der Waals surface area contributed by atoms with Crippen molar-refractivity contribution in [1.82, 2.24) is 4.90 Å². The van der Waals surface area contributed by atoms with Crippen molar-refractivity contribution < 1.29 is 4.79 Å². The van der Waals surface area contributed by atoms with Crippen molar-refractivity contribution in [2.45, 2.75) is 26.2 Å². The van der Waals surface area contributed by atoms with E-state index >= 15 is 0 Å². The van der Waals surface area contributed by atoms with Gasteiger partial charge in [-0.2, -0.15) is 0 Å². The zero-order valence-corrected chi connectivity index (χ0v) is 10.4. The molecule has 0 saturated heterocycles. The van der Waals surface area contributed by atoms with Gasteiger partial charge in [-0.1, -0.05) is 17.7 Å². The number of carbonyl (C=O) groups is 1. The van der Waals surface area contributed by atoms with Gasteiger partial charge in [0.25, 0.3) is 5.91 Å². The number of nitrogens with two attached hydrogens (primary N) is 1. The molecule has 0 aliphatic carbocycles. The zero-order chi connectivity index (χ0) is 12.3. The van der Waals surface area contributed by atoms with E-state index in [1.807, 2.05) is 17.9 Å². The van der Waals surface area contributed by atoms with Crippen LogP contribution in [0, 0.1) is 6.92 Å². The monoisotopic (exact) mass is 232 g/mol. The van der Waals surface area contributed by atoms with Crippen LogP contribution in [0.5, 0.6) is 0 Å². The highest BCUT2D eigenvalue weighted by Gasteiger charge is 2.21. The molecule has 1 amide bonds. The van der Waals surface area contributed by atoms with Crippen LogP contribution < -0.4 is 5.73 Å². The first-order chi connectivity index (χ1) is 8.22. The van der Waals surface area contributed by atoms with E-state index in [4.69, 9.17) is 5.73 Å². The summed E-state index contributed by atoms with van der Waals surface area (Å²) in [6, 6.07) is 6.19. The van der Waals surface area contributed by atoms with E-state index in [-0.39, 0.29) is 5.91 Å². The molecule has 1 aromatic rings. The van der Waals surface area contributed by atoms with Crippen molar-refractivity contribution in [2.75, 3.05) is 19.6 Å². The third-order valence-electron chi connectivity index (χ3n) is 3.29. The molecule has 0 atom stereocenters. The molecule has 17 heavy (non-hydrogen) atoms. The smallest absolute Gasteiger partial charge is 0.254 e. The summed E-state index contributed by atoms with van der Waals surface area (Å²) in [6.45, 7) is 4.31. The normalized spacial score (nSPS) is 15.6. The van der Waals surface area contributed by atoms with E-state index in [0.717, 1.165) is 43.5 Å². The lowest BCUT2D eigenvalue weighted by Gasteiger charge is -2.20. The van der Waals surface area contributed by atoms with Gasteiger partial charge in [0.15, 0.2) is 0 Å². The highest BCUT2D eigenvalue weighted by molar-refractivity contribution is 5.96. The first kappa shape index (κ1) is 12.1. The van der Waals surface area contributed by atoms with E-state index in [0.29, 0.717) is 6.54 Å². The molecular weight excluding hydrogens is 212 g/mol. The standard InChI is InChI=1S/C14H20N2O/c1-11-5-6-12-4-2-8-16(9-3-7-15)14(17)13(12)10-11/h5-6,10H,2-4,7-9,15H2,1H3. The fourth-order valence-corrected chi connectivity index (χ4v) is 2.34. The number of hydrogen-bond donors (Lipinski definition) is 1. The Kier molecular flexibility index (Phi) is 3.79.